The number of anilines is 1. The third-order valence-electron chi connectivity index (χ3n) is 3.97. The number of halogens is 3. The Morgan fingerprint density at radius 3 is 2.00 bits per heavy atom. The van der Waals surface area contributed by atoms with Crippen LogP contribution in [0.1, 0.15) is 44.9 Å². The Kier molecular flexibility index (Phi) is 6.19. The molecular formula is C21H24F3NO2. The number of carbonyl (C=O) groups excluding carboxylic acids is 1. The van der Waals surface area contributed by atoms with Gasteiger partial charge in [-0.15, -0.1) is 0 Å². The van der Waals surface area contributed by atoms with Crippen molar-refractivity contribution in [3.05, 3.63) is 65.7 Å². The van der Waals surface area contributed by atoms with E-state index in [0.717, 1.165) is 17.8 Å². The SMILES string of the molecule is C[C@@H](C(=O)OC(C)(C)C)[C@H](Nc1ccccc1)c1ccc(C(F)(F)F)cc1. The molecule has 0 saturated carbocycles. The first-order valence-corrected chi connectivity index (χ1v) is 8.69. The molecule has 0 aliphatic heterocycles. The fourth-order valence-electron chi connectivity index (χ4n) is 2.62. The highest BCUT2D eigenvalue weighted by atomic mass is 19.4. The zero-order chi connectivity index (χ0) is 20.2. The molecule has 2 rings (SSSR count). The number of esters is 1. The molecule has 0 bridgehead atoms. The summed E-state index contributed by atoms with van der Waals surface area (Å²) in [6.07, 6.45) is -4.41. The summed E-state index contributed by atoms with van der Waals surface area (Å²) in [7, 11) is 0. The van der Waals surface area contributed by atoms with Gasteiger partial charge in [0.15, 0.2) is 0 Å². The molecule has 6 heteroatoms. The maximum Gasteiger partial charge on any atom is 0.416 e. The normalized spacial score (nSPS) is 14.3. The van der Waals surface area contributed by atoms with Gasteiger partial charge in [0.2, 0.25) is 0 Å². The number of rotatable bonds is 5. The first-order valence-electron chi connectivity index (χ1n) is 8.69. The van der Waals surface area contributed by atoms with E-state index in [-0.39, 0.29) is 0 Å². The van der Waals surface area contributed by atoms with Crippen molar-refractivity contribution in [2.24, 2.45) is 5.92 Å². The molecule has 1 N–H and O–H groups in total. The van der Waals surface area contributed by atoms with Gasteiger partial charge in [0.25, 0.3) is 0 Å². The van der Waals surface area contributed by atoms with Crippen LogP contribution >= 0.6 is 0 Å². The number of para-hydroxylation sites is 1. The standard InChI is InChI=1S/C21H24F3NO2/c1-14(19(26)27-20(2,3)4)18(25-17-8-6-5-7-9-17)15-10-12-16(13-11-15)21(22,23)24/h5-14,18,25H,1-4H3/t14-,18+/m1/s1. The maximum absolute atomic E-state index is 12.9. The van der Waals surface area contributed by atoms with Gasteiger partial charge in [-0.2, -0.15) is 13.2 Å². The van der Waals surface area contributed by atoms with Crippen molar-refractivity contribution in [1.82, 2.24) is 0 Å². The number of nitrogens with one attached hydrogen (secondary N) is 1. The van der Waals surface area contributed by atoms with E-state index in [2.05, 4.69) is 5.32 Å². The van der Waals surface area contributed by atoms with Gasteiger partial charge in [0, 0.05) is 5.69 Å². The van der Waals surface area contributed by atoms with Crippen molar-refractivity contribution < 1.29 is 22.7 Å². The van der Waals surface area contributed by atoms with E-state index in [1.54, 1.807) is 27.7 Å². The Morgan fingerprint density at radius 2 is 1.52 bits per heavy atom. The molecule has 2 aromatic carbocycles. The summed E-state index contributed by atoms with van der Waals surface area (Å²) in [5.74, 6) is -1.03. The number of hydrogen-bond acceptors (Lipinski definition) is 3. The first-order chi connectivity index (χ1) is 12.5. The lowest BCUT2D eigenvalue weighted by Gasteiger charge is -2.29. The lowest BCUT2D eigenvalue weighted by molar-refractivity contribution is -0.160. The highest BCUT2D eigenvalue weighted by Gasteiger charge is 2.32. The Balaban J connectivity index is 2.33. The lowest BCUT2D eigenvalue weighted by Crippen LogP contribution is -2.32. The number of benzene rings is 2. The quantitative estimate of drug-likeness (QED) is 0.664. The zero-order valence-corrected chi connectivity index (χ0v) is 15.8. The summed E-state index contributed by atoms with van der Waals surface area (Å²) in [6.45, 7) is 7.02. The van der Waals surface area contributed by atoms with E-state index in [1.807, 2.05) is 30.3 Å². The van der Waals surface area contributed by atoms with E-state index in [4.69, 9.17) is 4.74 Å². The second-order valence-corrected chi connectivity index (χ2v) is 7.43. The number of alkyl halides is 3. The van der Waals surface area contributed by atoms with Gasteiger partial charge in [-0.05, 0) is 57.5 Å². The molecule has 0 heterocycles. The van der Waals surface area contributed by atoms with Crippen LogP contribution < -0.4 is 5.32 Å². The monoisotopic (exact) mass is 379 g/mol. The van der Waals surface area contributed by atoms with Crippen molar-refractivity contribution in [2.75, 3.05) is 5.32 Å². The lowest BCUT2D eigenvalue weighted by atomic mass is 9.93. The van der Waals surface area contributed by atoms with Gasteiger partial charge in [0.1, 0.15) is 5.60 Å². The van der Waals surface area contributed by atoms with E-state index in [9.17, 15) is 18.0 Å². The fraction of sp³-hybridized carbons (Fsp3) is 0.381. The predicted molar refractivity (Wildman–Crippen MR) is 99.3 cm³/mol. The maximum atomic E-state index is 12.9. The van der Waals surface area contributed by atoms with E-state index >= 15 is 0 Å². The minimum atomic E-state index is -4.41. The number of hydrogen-bond donors (Lipinski definition) is 1. The summed E-state index contributed by atoms with van der Waals surface area (Å²) in [6, 6.07) is 13.5. The minimum absolute atomic E-state index is 0.421. The van der Waals surface area contributed by atoms with Gasteiger partial charge in [-0.25, -0.2) is 0 Å². The first kappa shape index (κ1) is 20.8. The molecule has 2 aromatic rings. The topological polar surface area (TPSA) is 38.3 Å². The molecular weight excluding hydrogens is 355 g/mol. The Hall–Kier alpha value is -2.50. The van der Waals surface area contributed by atoms with Crippen LogP contribution in [-0.2, 0) is 15.7 Å². The van der Waals surface area contributed by atoms with Crippen LogP contribution in [0.15, 0.2) is 54.6 Å². The highest BCUT2D eigenvalue weighted by Crippen LogP contribution is 2.33. The van der Waals surface area contributed by atoms with E-state index in [1.165, 1.54) is 12.1 Å². The van der Waals surface area contributed by atoms with Crippen LogP contribution in [-0.4, -0.2) is 11.6 Å². The average Bonchev–Trinajstić information content (AvgIpc) is 2.58. The van der Waals surface area contributed by atoms with Crippen LogP contribution in [0.4, 0.5) is 18.9 Å². The Morgan fingerprint density at radius 1 is 0.963 bits per heavy atom. The molecule has 0 amide bonds. The molecule has 0 aliphatic rings. The zero-order valence-electron chi connectivity index (χ0n) is 15.8. The third-order valence-corrected chi connectivity index (χ3v) is 3.97. The van der Waals surface area contributed by atoms with Crippen molar-refractivity contribution in [3.8, 4) is 0 Å². The van der Waals surface area contributed by atoms with Gasteiger partial charge in [-0.1, -0.05) is 30.3 Å². The molecule has 146 valence electrons. The summed E-state index contributed by atoms with van der Waals surface area (Å²) >= 11 is 0. The van der Waals surface area contributed by atoms with Gasteiger partial charge >= 0.3 is 12.1 Å². The van der Waals surface area contributed by atoms with Crippen molar-refractivity contribution in [2.45, 2.75) is 45.5 Å². The van der Waals surface area contributed by atoms with Crippen molar-refractivity contribution in [3.63, 3.8) is 0 Å². The molecule has 0 spiro atoms. The highest BCUT2D eigenvalue weighted by molar-refractivity contribution is 5.74. The smallest absolute Gasteiger partial charge is 0.416 e. The summed E-state index contributed by atoms with van der Waals surface area (Å²) in [5.41, 5.74) is -0.0411. The molecule has 2 atom stereocenters. The summed E-state index contributed by atoms with van der Waals surface area (Å²) in [4.78, 5) is 12.5. The van der Waals surface area contributed by atoms with Gasteiger partial charge in [0.05, 0.1) is 17.5 Å². The van der Waals surface area contributed by atoms with Gasteiger partial charge < -0.3 is 10.1 Å². The van der Waals surface area contributed by atoms with E-state index < -0.39 is 35.3 Å². The summed E-state index contributed by atoms with van der Waals surface area (Å²) < 4.78 is 44.0. The Labute approximate surface area is 157 Å². The molecule has 3 nitrogen and oxygen atoms in total. The second-order valence-electron chi connectivity index (χ2n) is 7.43. The fourth-order valence-corrected chi connectivity index (χ4v) is 2.62. The van der Waals surface area contributed by atoms with E-state index in [0.29, 0.717) is 5.56 Å². The number of carbonyl (C=O) groups is 1. The molecule has 0 aromatic heterocycles. The second kappa shape index (κ2) is 8.03. The van der Waals surface area contributed by atoms with Crippen LogP contribution in [0.5, 0.6) is 0 Å². The molecule has 0 saturated heterocycles. The molecule has 0 unspecified atom stereocenters. The van der Waals surface area contributed by atoms with Crippen molar-refractivity contribution in [1.29, 1.82) is 0 Å². The predicted octanol–water partition coefficient (Wildman–Crippen LogP) is 5.84. The van der Waals surface area contributed by atoms with Crippen LogP contribution in [0.25, 0.3) is 0 Å². The van der Waals surface area contributed by atoms with Gasteiger partial charge in [-0.3, -0.25) is 4.79 Å². The Bertz CT molecular complexity index is 750. The largest absolute Gasteiger partial charge is 0.460 e. The average molecular weight is 379 g/mol. The van der Waals surface area contributed by atoms with Crippen molar-refractivity contribution >= 4 is 11.7 Å². The molecule has 27 heavy (non-hydrogen) atoms. The van der Waals surface area contributed by atoms with Crippen LogP contribution in [0.3, 0.4) is 0 Å². The molecule has 0 aliphatic carbocycles. The summed E-state index contributed by atoms with van der Waals surface area (Å²) in [5, 5.41) is 3.24. The number of ether oxygens (including phenoxy) is 1. The molecule has 0 radical (unpaired) electrons. The van der Waals surface area contributed by atoms with Crippen LogP contribution in [0, 0.1) is 5.92 Å². The molecule has 0 fully saturated rings. The third kappa shape index (κ3) is 6.01. The minimum Gasteiger partial charge on any atom is -0.460 e. The van der Waals surface area contributed by atoms with Crippen LogP contribution in [0.2, 0.25) is 0 Å².